The maximum Gasteiger partial charge on any atom is 0.273 e. The van der Waals surface area contributed by atoms with E-state index >= 15 is 0 Å². The van der Waals surface area contributed by atoms with Crippen molar-refractivity contribution in [2.24, 2.45) is 0 Å². The van der Waals surface area contributed by atoms with Gasteiger partial charge in [-0.05, 0) is 32.4 Å². The molecule has 0 bridgehead atoms. The highest BCUT2D eigenvalue weighted by Crippen LogP contribution is 2.28. The van der Waals surface area contributed by atoms with E-state index in [2.05, 4.69) is 10.0 Å². The van der Waals surface area contributed by atoms with E-state index in [1.54, 1.807) is 0 Å². The number of rotatable bonds is 9. The van der Waals surface area contributed by atoms with Crippen LogP contribution in [0.2, 0.25) is 0 Å². The van der Waals surface area contributed by atoms with Crippen LogP contribution in [-0.2, 0) is 10.0 Å². The van der Waals surface area contributed by atoms with Crippen LogP contribution < -0.4 is 14.8 Å². The molecule has 0 spiro atoms. The van der Waals surface area contributed by atoms with Gasteiger partial charge in [0.25, 0.3) is 5.69 Å². The lowest BCUT2D eigenvalue weighted by atomic mass is 10.0. The van der Waals surface area contributed by atoms with E-state index in [1.807, 2.05) is 51.1 Å². The van der Waals surface area contributed by atoms with Crippen LogP contribution in [0.1, 0.15) is 32.4 Å². The molecule has 0 heterocycles. The summed E-state index contributed by atoms with van der Waals surface area (Å²) < 4.78 is 33.0. The molecule has 1 atom stereocenters. The van der Waals surface area contributed by atoms with Crippen molar-refractivity contribution >= 4 is 15.7 Å². The molecule has 0 saturated carbocycles. The first-order valence-corrected chi connectivity index (χ1v) is 10.2. The molecular weight excluding hydrogens is 382 g/mol. The Bertz CT molecular complexity index is 930. The lowest BCUT2D eigenvalue weighted by Gasteiger charge is -2.31. The molecular formula is C19H25N3O5S. The number of nitro benzene ring substituents is 1. The molecule has 2 aromatic rings. The van der Waals surface area contributed by atoms with Crippen LogP contribution >= 0.6 is 0 Å². The van der Waals surface area contributed by atoms with Crippen molar-refractivity contribution in [2.45, 2.75) is 37.2 Å². The molecule has 0 aliphatic rings. The predicted octanol–water partition coefficient (Wildman–Crippen LogP) is 3.01. The molecule has 0 saturated heterocycles. The normalized spacial score (nSPS) is 13.1. The van der Waals surface area contributed by atoms with Crippen molar-refractivity contribution in [3.63, 3.8) is 0 Å². The molecule has 0 aliphatic carbocycles. The van der Waals surface area contributed by atoms with Crippen molar-refractivity contribution in [3.05, 3.63) is 64.2 Å². The van der Waals surface area contributed by atoms with Crippen LogP contribution in [0, 0.1) is 10.1 Å². The average Bonchev–Trinajstić information content (AvgIpc) is 2.66. The Morgan fingerprint density at radius 3 is 2.39 bits per heavy atom. The molecule has 2 N–H and O–H groups in total. The highest BCUT2D eigenvalue weighted by Gasteiger charge is 2.27. The number of methoxy groups -OCH3 is 1. The standard InChI is InChI=1S/C19H25N3O5S/c1-14(15-8-6-5-7-9-15)21-19(2,3)13-20-28(25,26)18-11-10-16(22(23)24)12-17(18)27-4/h5-12,14,20-21H,13H2,1-4H3. The fourth-order valence-electron chi connectivity index (χ4n) is 2.81. The third-order valence-corrected chi connectivity index (χ3v) is 5.70. The molecule has 0 aliphatic heterocycles. The third kappa shape index (κ3) is 5.51. The van der Waals surface area contributed by atoms with Gasteiger partial charge in [-0.25, -0.2) is 13.1 Å². The minimum atomic E-state index is -3.92. The Morgan fingerprint density at radius 2 is 1.82 bits per heavy atom. The van der Waals surface area contributed by atoms with E-state index in [9.17, 15) is 18.5 Å². The number of hydrogen-bond donors (Lipinski definition) is 2. The second-order valence-corrected chi connectivity index (χ2v) is 8.81. The topological polar surface area (TPSA) is 111 Å². The Balaban J connectivity index is 2.12. The summed E-state index contributed by atoms with van der Waals surface area (Å²) in [6.45, 7) is 5.90. The molecule has 8 nitrogen and oxygen atoms in total. The summed E-state index contributed by atoms with van der Waals surface area (Å²) in [7, 11) is -2.65. The predicted molar refractivity (Wildman–Crippen MR) is 107 cm³/mol. The lowest BCUT2D eigenvalue weighted by molar-refractivity contribution is -0.385. The van der Waals surface area contributed by atoms with Gasteiger partial charge >= 0.3 is 0 Å². The fraction of sp³-hybridized carbons (Fsp3) is 0.368. The minimum absolute atomic E-state index is 0.0228. The maximum atomic E-state index is 12.7. The quantitative estimate of drug-likeness (QED) is 0.488. The van der Waals surface area contributed by atoms with E-state index in [0.717, 1.165) is 17.7 Å². The summed E-state index contributed by atoms with van der Waals surface area (Å²) in [4.78, 5) is 10.1. The molecule has 2 aromatic carbocycles. The number of nitrogens with one attached hydrogen (secondary N) is 2. The number of hydrogen-bond acceptors (Lipinski definition) is 6. The first-order valence-electron chi connectivity index (χ1n) is 8.70. The van der Waals surface area contributed by atoms with Gasteiger partial charge in [-0.3, -0.25) is 10.1 Å². The molecule has 152 valence electrons. The summed E-state index contributed by atoms with van der Waals surface area (Å²) in [5.41, 5.74) is 0.307. The van der Waals surface area contributed by atoms with E-state index in [0.29, 0.717) is 0 Å². The van der Waals surface area contributed by atoms with Crippen molar-refractivity contribution in [1.29, 1.82) is 0 Å². The van der Waals surface area contributed by atoms with Crippen molar-refractivity contribution in [2.75, 3.05) is 13.7 Å². The number of non-ortho nitro benzene ring substituents is 1. The molecule has 0 amide bonds. The number of sulfonamides is 1. The van der Waals surface area contributed by atoms with Crippen LogP contribution in [0.3, 0.4) is 0 Å². The SMILES string of the molecule is COc1cc([N+](=O)[O-])ccc1S(=O)(=O)NCC(C)(C)NC(C)c1ccccc1. The van der Waals surface area contributed by atoms with Gasteiger partial charge in [-0.15, -0.1) is 0 Å². The maximum absolute atomic E-state index is 12.7. The third-order valence-electron chi connectivity index (χ3n) is 4.26. The number of benzene rings is 2. The van der Waals surface area contributed by atoms with Crippen LogP contribution in [-0.4, -0.2) is 32.5 Å². The van der Waals surface area contributed by atoms with E-state index in [4.69, 9.17) is 4.74 Å². The van der Waals surface area contributed by atoms with Crippen molar-refractivity contribution < 1.29 is 18.1 Å². The minimum Gasteiger partial charge on any atom is -0.495 e. The van der Waals surface area contributed by atoms with Crippen molar-refractivity contribution in [3.8, 4) is 5.75 Å². The fourth-order valence-corrected chi connectivity index (χ4v) is 4.17. The largest absolute Gasteiger partial charge is 0.495 e. The van der Waals surface area contributed by atoms with Crippen molar-refractivity contribution in [1.82, 2.24) is 10.0 Å². The molecule has 1 unspecified atom stereocenters. The zero-order valence-corrected chi connectivity index (χ0v) is 17.1. The van der Waals surface area contributed by atoms with Gasteiger partial charge in [0.2, 0.25) is 10.0 Å². The molecule has 0 fully saturated rings. The van der Waals surface area contributed by atoms with Crippen LogP contribution in [0.25, 0.3) is 0 Å². The Morgan fingerprint density at radius 1 is 1.18 bits per heavy atom. The highest BCUT2D eigenvalue weighted by atomic mass is 32.2. The van der Waals surface area contributed by atoms with Gasteiger partial charge < -0.3 is 10.1 Å². The van der Waals surface area contributed by atoms with Crippen LogP contribution in [0.5, 0.6) is 5.75 Å². The van der Waals surface area contributed by atoms with E-state index < -0.39 is 20.5 Å². The zero-order chi connectivity index (χ0) is 20.9. The number of nitro groups is 1. The smallest absolute Gasteiger partial charge is 0.273 e. The molecule has 9 heteroatoms. The van der Waals surface area contributed by atoms with Gasteiger partial charge in [-0.1, -0.05) is 30.3 Å². The summed E-state index contributed by atoms with van der Waals surface area (Å²) in [5, 5.41) is 14.3. The Labute approximate surface area is 165 Å². The average molecular weight is 407 g/mol. The van der Waals surface area contributed by atoms with E-state index in [-0.39, 0.29) is 28.9 Å². The zero-order valence-electron chi connectivity index (χ0n) is 16.3. The van der Waals surface area contributed by atoms with E-state index in [1.165, 1.54) is 13.2 Å². The Hall–Kier alpha value is -2.49. The second kappa shape index (κ2) is 8.68. The summed E-state index contributed by atoms with van der Waals surface area (Å²) in [6.07, 6.45) is 0. The van der Waals surface area contributed by atoms with Gasteiger partial charge in [0.15, 0.2) is 0 Å². The first kappa shape index (κ1) is 21.8. The highest BCUT2D eigenvalue weighted by molar-refractivity contribution is 7.89. The monoisotopic (exact) mass is 407 g/mol. The first-order chi connectivity index (χ1) is 13.1. The molecule has 28 heavy (non-hydrogen) atoms. The second-order valence-electron chi connectivity index (χ2n) is 7.08. The number of nitrogens with zero attached hydrogens (tertiary/aromatic N) is 1. The number of ether oxygens (including phenoxy) is 1. The van der Waals surface area contributed by atoms with Gasteiger partial charge in [-0.2, -0.15) is 0 Å². The van der Waals surface area contributed by atoms with Gasteiger partial charge in [0, 0.05) is 24.2 Å². The summed E-state index contributed by atoms with van der Waals surface area (Å²) in [6, 6.07) is 13.3. The Kier molecular flexibility index (Phi) is 6.76. The van der Waals surface area contributed by atoms with Gasteiger partial charge in [0.05, 0.1) is 18.1 Å². The molecule has 0 radical (unpaired) electrons. The molecule has 0 aromatic heterocycles. The lowest BCUT2D eigenvalue weighted by Crippen LogP contribution is -2.49. The summed E-state index contributed by atoms with van der Waals surface area (Å²) >= 11 is 0. The molecule has 2 rings (SSSR count). The van der Waals surface area contributed by atoms with Crippen LogP contribution in [0.15, 0.2) is 53.4 Å². The van der Waals surface area contributed by atoms with Gasteiger partial charge in [0.1, 0.15) is 10.6 Å². The summed E-state index contributed by atoms with van der Waals surface area (Å²) in [5.74, 6) is -0.0786. The van der Waals surface area contributed by atoms with Crippen LogP contribution in [0.4, 0.5) is 5.69 Å².